The number of hydrogen-bond donors (Lipinski definition) is 2. The third kappa shape index (κ3) is 3.11. The lowest BCUT2D eigenvalue weighted by molar-refractivity contribution is 0.515. The molecule has 1 rings (SSSR count). The van der Waals surface area contributed by atoms with Gasteiger partial charge in [0.1, 0.15) is 0 Å². The van der Waals surface area contributed by atoms with E-state index in [0.29, 0.717) is 0 Å². The Morgan fingerprint density at radius 2 is 2.62 bits per heavy atom. The Hall–Kier alpha value is -0.960. The molecule has 1 atom stereocenters. The summed E-state index contributed by atoms with van der Waals surface area (Å²) in [6, 6.07) is 0.0691. The van der Waals surface area contributed by atoms with Crippen molar-refractivity contribution in [2.45, 2.75) is 25.8 Å². The van der Waals surface area contributed by atoms with Crippen LogP contribution in [0.25, 0.3) is 0 Å². The monoisotopic (exact) mass is 196 g/mol. The molecule has 5 heteroatoms. The highest BCUT2D eigenvalue weighted by Gasteiger charge is 2.10. The van der Waals surface area contributed by atoms with Gasteiger partial charge in [-0.1, -0.05) is 0 Å². The van der Waals surface area contributed by atoms with E-state index in [-0.39, 0.29) is 6.04 Å². The zero-order valence-corrected chi connectivity index (χ0v) is 8.27. The van der Waals surface area contributed by atoms with Crippen LogP contribution in [0.3, 0.4) is 0 Å². The summed E-state index contributed by atoms with van der Waals surface area (Å²) in [5, 5.41) is 0. The van der Waals surface area contributed by atoms with E-state index in [1.165, 1.54) is 11.7 Å². The maximum atomic E-state index is 5.38. The zero-order valence-electron chi connectivity index (χ0n) is 7.45. The first kappa shape index (κ1) is 10.1. The summed E-state index contributed by atoms with van der Waals surface area (Å²) in [6.45, 7) is 1.83. The van der Waals surface area contributed by atoms with Crippen LogP contribution in [0.1, 0.15) is 31.5 Å². The normalized spacial score (nSPS) is 11.8. The Bertz CT molecular complexity index is 285. The van der Waals surface area contributed by atoms with Gasteiger partial charge in [-0.25, -0.2) is 0 Å². The SMILES string of the molecule is CC#CCCC(NN)c1cnsn1. The first-order valence-electron chi connectivity index (χ1n) is 4.01. The Kier molecular flexibility index (Phi) is 4.40. The summed E-state index contributed by atoms with van der Waals surface area (Å²) >= 11 is 1.19. The van der Waals surface area contributed by atoms with E-state index in [0.717, 1.165) is 18.5 Å². The largest absolute Gasteiger partial charge is 0.271 e. The second-order valence-electron chi connectivity index (χ2n) is 2.52. The van der Waals surface area contributed by atoms with Gasteiger partial charge in [0, 0.05) is 6.42 Å². The van der Waals surface area contributed by atoms with E-state index >= 15 is 0 Å². The minimum atomic E-state index is 0.0691. The average molecular weight is 196 g/mol. The predicted molar refractivity (Wildman–Crippen MR) is 52.7 cm³/mol. The highest BCUT2D eigenvalue weighted by atomic mass is 32.1. The molecule has 1 unspecified atom stereocenters. The van der Waals surface area contributed by atoms with Crippen molar-refractivity contribution in [3.05, 3.63) is 11.9 Å². The fourth-order valence-corrected chi connectivity index (χ4v) is 1.45. The molecule has 4 nitrogen and oxygen atoms in total. The third-order valence-corrected chi connectivity index (χ3v) is 2.16. The smallest absolute Gasteiger partial charge is 0.0926 e. The van der Waals surface area contributed by atoms with E-state index in [4.69, 9.17) is 5.84 Å². The molecular weight excluding hydrogens is 184 g/mol. The number of nitrogens with one attached hydrogen (secondary N) is 1. The minimum absolute atomic E-state index is 0.0691. The van der Waals surface area contributed by atoms with Crippen molar-refractivity contribution in [1.29, 1.82) is 0 Å². The molecule has 0 fully saturated rings. The first-order chi connectivity index (χ1) is 6.38. The molecular formula is C8H12N4S. The summed E-state index contributed by atoms with van der Waals surface area (Å²) in [4.78, 5) is 0. The number of nitrogens with zero attached hydrogens (tertiary/aromatic N) is 2. The molecule has 0 bridgehead atoms. The van der Waals surface area contributed by atoms with E-state index in [1.54, 1.807) is 6.20 Å². The van der Waals surface area contributed by atoms with Crippen molar-refractivity contribution in [1.82, 2.24) is 14.2 Å². The van der Waals surface area contributed by atoms with Gasteiger partial charge in [-0.3, -0.25) is 11.3 Å². The van der Waals surface area contributed by atoms with Gasteiger partial charge >= 0.3 is 0 Å². The molecule has 0 radical (unpaired) electrons. The lowest BCUT2D eigenvalue weighted by atomic mass is 10.1. The van der Waals surface area contributed by atoms with Crippen LogP contribution in [0.4, 0.5) is 0 Å². The van der Waals surface area contributed by atoms with Crippen LogP contribution in [-0.4, -0.2) is 8.75 Å². The van der Waals surface area contributed by atoms with Gasteiger partial charge in [-0.15, -0.1) is 11.8 Å². The topological polar surface area (TPSA) is 63.8 Å². The fraction of sp³-hybridized carbons (Fsp3) is 0.500. The van der Waals surface area contributed by atoms with E-state index in [2.05, 4.69) is 26.0 Å². The molecule has 1 aromatic heterocycles. The number of rotatable bonds is 4. The molecule has 70 valence electrons. The molecule has 0 spiro atoms. The minimum Gasteiger partial charge on any atom is -0.271 e. The zero-order chi connectivity index (χ0) is 9.52. The molecule has 0 aromatic carbocycles. The van der Waals surface area contributed by atoms with Crippen molar-refractivity contribution >= 4 is 11.7 Å². The van der Waals surface area contributed by atoms with Crippen molar-refractivity contribution in [3.8, 4) is 11.8 Å². The van der Waals surface area contributed by atoms with E-state index < -0.39 is 0 Å². The van der Waals surface area contributed by atoms with Crippen molar-refractivity contribution < 1.29 is 0 Å². The molecule has 0 saturated heterocycles. The van der Waals surface area contributed by atoms with E-state index in [9.17, 15) is 0 Å². The van der Waals surface area contributed by atoms with Gasteiger partial charge in [-0.2, -0.15) is 8.75 Å². The first-order valence-corrected chi connectivity index (χ1v) is 4.74. The number of hydrazine groups is 1. The molecule has 0 amide bonds. The Labute approximate surface area is 81.8 Å². The van der Waals surface area contributed by atoms with Crippen LogP contribution in [0.2, 0.25) is 0 Å². The van der Waals surface area contributed by atoms with Crippen molar-refractivity contribution in [2.75, 3.05) is 0 Å². The third-order valence-electron chi connectivity index (χ3n) is 1.67. The maximum absolute atomic E-state index is 5.38. The molecule has 3 N–H and O–H groups in total. The summed E-state index contributed by atoms with van der Waals surface area (Å²) in [5.41, 5.74) is 3.59. The quantitative estimate of drug-likeness (QED) is 0.425. The van der Waals surface area contributed by atoms with Gasteiger partial charge in [0.2, 0.25) is 0 Å². The maximum Gasteiger partial charge on any atom is 0.0926 e. The predicted octanol–water partition coefficient (Wildman–Crippen LogP) is 0.846. The Balaban J connectivity index is 2.47. The van der Waals surface area contributed by atoms with Crippen LogP contribution in [0, 0.1) is 11.8 Å². The molecule has 0 aliphatic carbocycles. The van der Waals surface area contributed by atoms with Crippen LogP contribution in [-0.2, 0) is 0 Å². The average Bonchev–Trinajstić information content (AvgIpc) is 2.65. The summed E-state index contributed by atoms with van der Waals surface area (Å²) in [6.07, 6.45) is 3.42. The molecule has 1 aromatic rings. The number of hydrogen-bond acceptors (Lipinski definition) is 5. The van der Waals surface area contributed by atoms with Gasteiger partial charge in [0.25, 0.3) is 0 Å². The van der Waals surface area contributed by atoms with Crippen LogP contribution in [0.5, 0.6) is 0 Å². The highest BCUT2D eigenvalue weighted by molar-refractivity contribution is 6.99. The second kappa shape index (κ2) is 5.65. The molecule has 0 aliphatic rings. The van der Waals surface area contributed by atoms with Crippen molar-refractivity contribution in [3.63, 3.8) is 0 Å². The summed E-state index contributed by atoms with van der Waals surface area (Å²) in [7, 11) is 0. The molecule has 0 saturated carbocycles. The summed E-state index contributed by atoms with van der Waals surface area (Å²) < 4.78 is 8.02. The Morgan fingerprint density at radius 3 is 3.15 bits per heavy atom. The molecule has 0 aliphatic heterocycles. The van der Waals surface area contributed by atoms with Crippen LogP contribution >= 0.6 is 11.7 Å². The lowest BCUT2D eigenvalue weighted by Gasteiger charge is -2.09. The number of nitrogens with two attached hydrogens (primary N) is 1. The standard InChI is InChI=1S/C8H12N4S/c1-2-3-4-5-7(11-9)8-6-10-13-12-8/h6-7,11H,4-5,9H2,1H3. The van der Waals surface area contributed by atoms with Crippen molar-refractivity contribution in [2.24, 2.45) is 5.84 Å². The van der Waals surface area contributed by atoms with Gasteiger partial charge in [0.15, 0.2) is 0 Å². The van der Waals surface area contributed by atoms with Crippen LogP contribution in [0.15, 0.2) is 6.20 Å². The van der Waals surface area contributed by atoms with Gasteiger partial charge < -0.3 is 0 Å². The molecule has 13 heavy (non-hydrogen) atoms. The van der Waals surface area contributed by atoms with E-state index in [1.807, 2.05) is 6.92 Å². The lowest BCUT2D eigenvalue weighted by Crippen LogP contribution is -2.28. The number of aromatic nitrogens is 2. The Morgan fingerprint density at radius 1 is 1.77 bits per heavy atom. The fourth-order valence-electron chi connectivity index (χ4n) is 0.984. The summed E-state index contributed by atoms with van der Waals surface area (Å²) in [5.74, 6) is 11.2. The van der Waals surface area contributed by atoms with Crippen LogP contribution < -0.4 is 11.3 Å². The molecule has 1 heterocycles. The second-order valence-corrected chi connectivity index (χ2v) is 3.07. The van der Waals surface area contributed by atoms with Gasteiger partial charge in [0.05, 0.1) is 29.7 Å². The van der Waals surface area contributed by atoms with Gasteiger partial charge in [-0.05, 0) is 13.3 Å². The highest BCUT2D eigenvalue weighted by Crippen LogP contribution is 2.14.